The minimum absolute atomic E-state index is 0.0684. The maximum Gasteiger partial charge on any atom is 0.238 e. The summed E-state index contributed by atoms with van der Waals surface area (Å²) in [5, 5.41) is 13.2. The summed E-state index contributed by atoms with van der Waals surface area (Å²) in [5.41, 5.74) is 2.23. The molecule has 2 aromatic carbocycles. The maximum absolute atomic E-state index is 12.5. The molecule has 4 heteroatoms. The molecule has 1 amide bonds. The molecular formula is C21H28N2O2. The summed E-state index contributed by atoms with van der Waals surface area (Å²) < 4.78 is 0. The topological polar surface area (TPSA) is 52.6 Å². The zero-order chi connectivity index (χ0) is 18.3. The van der Waals surface area contributed by atoms with Crippen molar-refractivity contribution in [1.82, 2.24) is 4.90 Å². The van der Waals surface area contributed by atoms with Crippen LogP contribution in [-0.4, -0.2) is 34.6 Å². The van der Waals surface area contributed by atoms with Crippen LogP contribution in [0.2, 0.25) is 0 Å². The fraction of sp³-hybridized carbons (Fsp3) is 0.381. The zero-order valence-corrected chi connectivity index (χ0v) is 15.3. The van der Waals surface area contributed by atoms with E-state index in [1.54, 1.807) is 13.8 Å². The van der Waals surface area contributed by atoms with Crippen molar-refractivity contribution in [3.8, 4) is 0 Å². The minimum Gasteiger partial charge on any atom is -0.389 e. The van der Waals surface area contributed by atoms with Crippen molar-refractivity contribution < 1.29 is 9.90 Å². The molecule has 0 bridgehead atoms. The molecule has 0 heterocycles. The number of aryl methyl sites for hydroxylation is 1. The molecule has 4 nitrogen and oxygen atoms in total. The molecule has 0 aliphatic heterocycles. The number of rotatable bonds is 8. The summed E-state index contributed by atoms with van der Waals surface area (Å²) >= 11 is 0. The van der Waals surface area contributed by atoms with E-state index < -0.39 is 5.60 Å². The summed E-state index contributed by atoms with van der Waals surface area (Å²) in [6.07, 6.45) is 0.869. The number of para-hydroxylation sites is 1. The Morgan fingerprint density at radius 3 is 2.36 bits per heavy atom. The van der Waals surface area contributed by atoms with Gasteiger partial charge in [0.25, 0.3) is 0 Å². The van der Waals surface area contributed by atoms with Crippen LogP contribution in [0.1, 0.15) is 31.9 Å². The number of amides is 1. The summed E-state index contributed by atoms with van der Waals surface area (Å²) in [7, 11) is 0. The molecule has 0 radical (unpaired) electrons. The lowest BCUT2D eigenvalue weighted by atomic mass is 10.1. The summed E-state index contributed by atoms with van der Waals surface area (Å²) in [6, 6.07) is 17.8. The fourth-order valence-corrected chi connectivity index (χ4v) is 2.90. The lowest BCUT2D eigenvalue weighted by Crippen LogP contribution is -2.42. The van der Waals surface area contributed by atoms with E-state index in [2.05, 4.69) is 12.2 Å². The lowest BCUT2D eigenvalue weighted by Gasteiger charge is -2.28. The van der Waals surface area contributed by atoms with Gasteiger partial charge in [0, 0.05) is 18.8 Å². The maximum atomic E-state index is 12.5. The second-order valence-electron chi connectivity index (χ2n) is 7.00. The lowest BCUT2D eigenvalue weighted by molar-refractivity contribution is -0.118. The Morgan fingerprint density at radius 2 is 1.72 bits per heavy atom. The van der Waals surface area contributed by atoms with Gasteiger partial charge in [0.05, 0.1) is 12.1 Å². The second kappa shape index (κ2) is 8.79. The van der Waals surface area contributed by atoms with Crippen molar-refractivity contribution in [1.29, 1.82) is 0 Å². The molecule has 0 spiro atoms. The number of anilines is 1. The molecule has 2 N–H and O–H groups in total. The van der Waals surface area contributed by atoms with E-state index in [0.29, 0.717) is 13.1 Å². The van der Waals surface area contributed by atoms with Crippen molar-refractivity contribution in [2.24, 2.45) is 0 Å². The molecule has 2 rings (SSSR count). The van der Waals surface area contributed by atoms with Crippen molar-refractivity contribution >= 4 is 11.6 Å². The number of hydrogen-bond acceptors (Lipinski definition) is 3. The molecule has 0 unspecified atom stereocenters. The van der Waals surface area contributed by atoms with Gasteiger partial charge in [-0.2, -0.15) is 0 Å². The average molecular weight is 340 g/mol. The first-order valence-corrected chi connectivity index (χ1v) is 8.74. The van der Waals surface area contributed by atoms with Crippen molar-refractivity contribution in [2.45, 2.75) is 39.3 Å². The molecule has 0 atom stereocenters. The van der Waals surface area contributed by atoms with E-state index in [9.17, 15) is 9.90 Å². The summed E-state index contributed by atoms with van der Waals surface area (Å²) in [5.74, 6) is -0.0684. The quantitative estimate of drug-likeness (QED) is 0.774. The predicted molar refractivity (Wildman–Crippen MR) is 102 cm³/mol. The van der Waals surface area contributed by atoms with Crippen LogP contribution in [0.3, 0.4) is 0 Å². The first-order chi connectivity index (χ1) is 11.9. The van der Waals surface area contributed by atoms with E-state index >= 15 is 0 Å². The van der Waals surface area contributed by atoms with Crippen LogP contribution in [-0.2, 0) is 17.8 Å². The SMILES string of the molecule is CCc1ccccc1NC(=O)CN(Cc1ccccc1)CC(C)(C)O. The van der Waals surface area contributed by atoms with Gasteiger partial charge < -0.3 is 10.4 Å². The van der Waals surface area contributed by atoms with Gasteiger partial charge in [-0.1, -0.05) is 55.5 Å². The van der Waals surface area contributed by atoms with Gasteiger partial charge in [0.15, 0.2) is 0 Å². The van der Waals surface area contributed by atoms with E-state index in [0.717, 1.165) is 23.2 Å². The standard InChI is InChI=1S/C21H28N2O2/c1-4-18-12-8-9-13-19(18)22-20(24)15-23(16-21(2,3)25)14-17-10-6-5-7-11-17/h5-13,25H,4,14-16H2,1-3H3,(H,22,24). The Morgan fingerprint density at radius 1 is 1.08 bits per heavy atom. The molecule has 2 aromatic rings. The highest BCUT2D eigenvalue weighted by molar-refractivity contribution is 5.93. The highest BCUT2D eigenvalue weighted by Gasteiger charge is 2.21. The molecule has 25 heavy (non-hydrogen) atoms. The molecular weight excluding hydrogens is 312 g/mol. The number of hydrogen-bond donors (Lipinski definition) is 2. The number of aliphatic hydroxyl groups is 1. The van der Waals surface area contributed by atoms with Crippen LogP contribution in [0.4, 0.5) is 5.69 Å². The number of benzene rings is 2. The summed E-state index contributed by atoms with van der Waals surface area (Å²) in [6.45, 7) is 6.86. The van der Waals surface area contributed by atoms with Crippen LogP contribution < -0.4 is 5.32 Å². The zero-order valence-electron chi connectivity index (χ0n) is 15.3. The first kappa shape index (κ1) is 19.2. The van der Waals surface area contributed by atoms with Gasteiger partial charge in [0.2, 0.25) is 5.91 Å². The Hall–Kier alpha value is -2.17. The Balaban J connectivity index is 2.05. The number of carbonyl (C=O) groups is 1. The minimum atomic E-state index is -0.865. The van der Waals surface area contributed by atoms with Crippen molar-refractivity contribution in [2.75, 3.05) is 18.4 Å². The normalized spacial score (nSPS) is 11.6. The van der Waals surface area contributed by atoms with Gasteiger partial charge in [-0.05, 0) is 37.5 Å². The van der Waals surface area contributed by atoms with Crippen LogP contribution >= 0.6 is 0 Å². The van der Waals surface area contributed by atoms with Gasteiger partial charge >= 0.3 is 0 Å². The third-order valence-corrected chi connectivity index (χ3v) is 3.90. The molecule has 0 aliphatic rings. The smallest absolute Gasteiger partial charge is 0.238 e. The second-order valence-corrected chi connectivity index (χ2v) is 7.00. The van der Waals surface area contributed by atoms with Crippen LogP contribution in [0.25, 0.3) is 0 Å². The number of nitrogens with one attached hydrogen (secondary N) is 1. The molecule has 0 saturated carbocycles. The van der Waals surface area contributed by atoms with Crippen molar-refractivity contribution in [3.63, 3.8) is 0 Å². The third kappa shape index (κ3) is 6.69. The number of nitrogens with zero attached hydrogens (tertiary/aromatic N) is 1. The van der Waals surface area contributed by atoms with Crippen LogP contribution in [0.5, 0.6) is 0 Å². The Kier molecular flexibility index (Phi) is 6.73. The molecule has 0 fully saturated rings. The Bertz CT molecular complexity index is 678. The van der Waals surface area contributed by atoms with Crippen molar-refractivity contribution in [3.05, 3.63) is 65.7 Å². The fourth-order valence-electron chi connectivity index (χ4n) is 2.90. The molecule has 0 aliphatic carbocycles. The summed E-state index contributed by atoms with van der Waals surface area (Å²) in [4.78, 5) is 14.5. The van der Waals surface area contributed by atoms with Crippen LogP contribution in [0.15, 0.2) is 54.6 Å². The third-order valence-electron chi connectivity index (χ3n) is 3.90. The molecule has 0 aromatic heterocycles. The van der Waals surface area contributed by atoms with E-state index in [1.165, 1.54) is 0 Å². The molecule has 134 valence electrons. The van der Waals surface area contributed by atoms with Gasteiger partial charge in [0.1, 0.15) is 0 Å². The highest BCUT2D eigenvalue weighted by Crippen LogP contribution is 2.16. The predicted octanol–water partition coefficient (Wildman–Crippen LogP) is 3.46. The van der Waals surface area contributed by atoms with Gasteiger partial charge in [-0.3, -0.25) is 9.69 Å². The van der Waals surface area contributed by atoms with Gasteiger partial charge in [-0.15, -0.1) is 0 Å². The average Bonchev–Trinajstić information content (AvgIpc) is 2.54. The van der Waals surface area contributed by atoms with Crippen LogP contribution in [0, 0.1) is 0 Å². The molecule has 0 saturated heterocycles. The highest BCUT2D eigenvalue weighted by atomic mass is 16.3. The van der Waals surface area contributed by atoms with Gasteiger partial charge in [-0.25, -0.2) is 0 Å². The largest absolute Gasteiger partial charge is 0.389 e. The van der Waals surface area contributed by atoms with E-state index in [-0.39, 0.29) is 12.5 Å². The van der Waals surface area contributed by atoms with E-state index in [4.69, 9.17) is 0 Å². The first-order valence-electron chi connectivity index (χ1n) is 8.74. The number of carbonyl (C=O) groups excluding carboxylic acids is 1. The van der Waals surface area contributed by atoms with E-state index in [1.807, 2.05) is 59.5 Å². The monoisotopic (exact) mass is 340 g/mol. The Labute approximate surface area is 150 Å².